The summed E-state index contributed by atoms with van der Waals surface area (Å²) < 4.78 is 0. The van der Waals surface area contributed by atoms with E-state index < -0.39 is 0 Å². The van der Waals surface area contributed by atoms with Gasteiger partial charge in [0.1, 0.15) is 0 Å². The first-order valence-electron chi connectivity index (χ1n) is 8.08. The van der Waals surface area contributed by atoms with Crippen molar-refractivity contribution in [2.75, 3.05) is 13.1 Å². The summed E-state index contributed by atoms with van der Waals surface area (Å²) in [7, 11) is 0. The molecule has 0 unspecified atom stereocenters. The molecule has 1 aromatic rings. The molecule has 2 nitrogen and oxygen atoms in total. The Bertz CT molecular complexity index is 354. The van der Waals surface area contributed by atoms with E-state index in [2.05, 4.69) is 69.1 Å². The largest absolute Gasteiger partial charge is 0.314 e. The quantitative estimate of drug-likeness (QED) is 0.737. The molecule has 114 valence electrons. The van der Waals surface area contributed by atoms with Gasteiger partial charge in [-0.05, 0) is 50.9 Å². The SMILES string of the molecule is CCCN(Cc1ccc(CCNC(C)C)cc1)C(C)C. The second-order valence-electron chi connectivity index (χ2n) is 6.24. The summed E-state index contributed by atoms with van der Waals surface area (Å²) in [6.07, 6.45) is 2.33. The minimum atomic E-state index is 0.572. The third-order valence-corrected chi connectivity index (χ3v) is 3.62. The fourth-order valence-corrected chi connectivity index (χ4v) is 2.36. The van der Waals surface area contributed by atoms with Crippen LogP contribution in [0.5, 0.6) is 0 Å². The lowest BCUT2D eigenvalue weighted by atomic mass is 10.1. The van der Waals surface area contributed by atoms with Crippen LogP contribution in [0.15, 0.2) is 24.3 Å². The standard InChI is InChI=1S/C18H32N2/c1-6-13-20(16(4)5)14-18-9-7-17(8-10-18)11-12-19-15(2)3/h7-10,15-16,19H,6,11-14H2,1-5H3. The van der Waals surface area contributed by atoms with Gasteiger partial charge >= 0.3 is 0 Å². The maximum atomic E-state index is 3.46. The van der Waals surface area contributed by atoms with Gasteiger partial charge in [0.05, 0.1) is 0 Å². The summed E-state index contributed by atoms with van der Waals surface area (Å²) in [6, 6.07) is 10.3. The maximum Gasteiger partial charge on any atom is 0.0236 e. The van der Waals surface area contributed by atoms with Gasteiger partial charge in [-0.1, -0.05) is 45.0 Å². The van der Waals surface area contributed by atoms with Gasteiger partial charge in [0, 0.05) is 18.6 Å². The smallest absolute Gasteiger partial charge is 0.0236 e. The first-order valence-corrected chi connectivity index (χ1v) is 8.08. The second-order valence-corrected chi connectivity index (χ2v) is 6.24. The third-order valence-electron chi connectivity index (χ3n) is 3.62. The van der Waals surface area contributed by atoms with Crippen molar-refractivity contribution in [1.29, 1.82) is 0 Å². The molecule has 0 saturated heterocycles. The van der Waals surface area contributed by atoms with E-state index in [1.165, 1.54) is 24.1 Å². The van der Waals surface area contributed by atoms with Gasteiger partial charge in [-0.3, -0.25) is 4.90 Å². The molecule has 0 amide bonds. The average Bonchev–Trinajstić information content (AvgIpc) is 2.39. The van der Waals surface area contributed by atoms with Gasteiger partial charge in [0.15, 0.2) is 0 Å². The number of hydrogen-bond donors (Lipinski definition) is 1. The van der Waals surface area contributed by atoms with Crippen LogP contribution in [-0.4, -0.2) is 30.1 Å². The molecule has 0 aliphatic rings. The van der Waals surface area contributed by atoms with Crippen molar-refractivity contribution in [3.63, 3.8) is 0 Å². The average molecular weight is 276 g/mol. The van der Waals surface area contributed by atoms with Crippen LogP contribution in [0.2, 0.25) is 0 Å². The van der Waals surface area contributed by atoms with Crippen LogP contribution in [0.4, 0.5) is 0 Å². The topological polar surface area (TPSA) is 15.3 Å². The molecular formula is C18H32N2. The Labute approximate surface area is 125 Å². The highest BCUT2D eigenvalue weighted by Gasteiger charge is 2.08. The Kier molecular flexibility index (Phi) is 7.86. The molecule has 20 heavy (non-hydrogen) atoms. The fourth-order valence-electron chi connectivity index (χ4n) is 2.36. The summed E-state index contributed by atoms with van der Waals surface area (Å²) in [5, 5.41) is 3.46. The summed E-state index contributed by atoms with van der Waals surface area (Å²) >= 11 is 0. The highest BCUT2D eigenvalue weighted by Crippen LogP contribution is 2.11. The first kappa shape index (κ1) is 17.2. The summed E-state index contributed by atoms with van der Waals surface area (Å²) in [5.74, 6) is 0. The van der Waals surface area contributed by atoms with Crippen molar-refractivity contribution in [2.45, 2.75) is 66.1 Å². The Morgan fingerprint density at radius 2 is 1.60 bits per heavy atom. The lowest BCUT2D eigenvalue weighted by Gasteiger charge is -2.26. The van der Waals surface area contributed by atoms with E-state index in [1.807, 2.05) is 0 Å². The Hall–Kier alpha value is -0.860. The Morgan fingerprint density at radius 1 is 1.00 bits per heavy atom. The van der Waals surface area contributed by atoms with Gasteiger partial charge in [0.2, 0.25) is 0 Å². The highest BCUT2D eigenvalue weighted by molar-refractivity contribution is 5.22. The molecule has 0 aliphatic carbocycles. The molecule has 1 aromatic carbocycles. The van der Waals surface area contributed by atoms with E-state index >= 15 is 0 Å². The molecule has 0 atom stereocenters. The predicted octanol–water partition coefficient (Wildman–Crippen LogP) is 3.85. The zero-order chi connectivity index (χ0) is 15.0. The van der Waals surface area contributed by atoms with Crippen molar-refractivity contribution in [3.05, 3.63) is 35.4 Å². The molecule has 1 rings (SSSR count). The molecule has 0 spiro atoms. The number of nitrogens with zero attached hydrogens (tertiary/aromatic N) is 1. The molecular weight excluding hydrogens is 244 g/mol. The number of nitrogens with one attached hydrogen (secondary N) is 1. The third kappa shape index (κ3) is 6.53. The Balaban J connectivity index is 2.48. The van der Waals surface area contributed by atoms with Crippen LogP contribution in [0.25, 0.3) is 0 Å². The second kappa shape index (κ2) is 9.15. The van der Waals surface area contributed by atoms with E-state index in [1.54, 1.807) is 0 Å². The summed E-state index contributed by atoms with van der Waals surface area (Å²) in [4.78, 5) is 2.54. The zero-order valence-electron chi connectivity index (χ0n) is 13.9. The van der Waals surface area contributed by atoms with Crippen LogP contribution in [0, 0.1) is 0 Å². The van der Waals surface area contributed by atoms with E-state index in [0.29, 0.717) is 12.1 Å². The van der Waals surface area contributed by atoms with Crippen molar-refractivity contribution < 1.29 is 0 Å². The van der Waals surface area contributed by atoms with Gasteiger partial charge < -0.3 is 5.32 Å². The van der Waals surface area contributed by atoms with Crippen molar-refractivity contribution in [1.82, 2.24) is 10.2 Å². The van der Waals surface area contributed by atoms with Crippen LogP contribution in [0.3, 0.4) is 0 Å². The molecule has 0 saturated carbocycles. The van der Waals surface area contributed by atoms with Crippen LogP contribution in [0.1, 0.15) is 52.2 Å². The van der Waals surface area contributed by atoms with Crippen LogP contribution >= 0.6 is 0 Å². The van der Waals surface area contributed by atoms with Crippen molar-refractivity contribution >= 4 is 0 Å². The van der Waals surface area contributed by atoms with Crippen LogP contribution in [-0.2, 0) is 13.0 Å². The van der Waals surface area contributed by atoms with Crippen molar-refractivity contribution in [2.24, 2.45) is 0 Å². The lowest BCUT2D eigenvalue weighted by molar-refractivity contribution is 0.213. The zero-order valence-corrected chi connectivity index (χ0v) is 13.9. The number of hydrogen-bond acceptors (Lipinski definition) is 2. The maximum absolute atomic E-state index is 3.46. The summed E-state index contributed by atoms with van der Waals surface area (Å²) in [6.45, 7) is 14.5. The number of benzene rings is 1. The molecule has 0 aromatic heterocycles. The molecule has 0 heterocycles. The molecule has 0 aliphatic heterocycles. The van der Waals surface area contributed by atoms with E-state index in [-0.39, 0.29) is 0 Å². The molecule has 0 fully saturated rings. The minimum Gasteiger partial charge on any atom is -0.314 e. The normalized spacial score (nSPS) is 11.8. The molecule has 1 N–H and O–H groups in total. The van der Waals surface area contributed by atoms with E-state index in [9.17, 15) is 0 Å². The molecule has 0 radical (unpaired) electrons. The van der Waals surface area contributed by atoms with Gasteiger partial charge in [-0.15, -0.1) is 0 Å². The lowest BCUT2D eigenvalue weighted by Crippen LogP contribution is -2.31. The van der Waals surface area contributed by atoms with E-state index in [0.717, 1.165) is 19.5 Å². The van der Waals surface area contributed by atoms with Crippen molar-refractivity contribution in [3.8, 4) is 0 Å². The Morgan fingerprint density at radius 3 is 2.10 bits per heavy atom. The first-order chi connectivity index (χ1) is 9.52. The van der Waals surface area contributed by atoms with Gasteiger partial charge in [-0.25, -0.2) is 0 Å². The number of rotatable bonds is 9. The van der Waals surface area contributed by atoms with Crippen LogP contribution < -0.4 is 5.32 Å². The highest BCUT2D eigenvalue weighted by atomic mass is 15.1. The predicted molar refractivity (Wildman–Crippen MR) is 89.1 cm³/mol. The van der Waals surface area contributed by atoms with E-state index in [4.69, 9.17) is 0 Å². The monoisotopic (exact) mass is 276 g/mol. The van der Waals surface area contributed by atoms with Gasteiger partial charge in [-0.2, -0.15) is 0 Å². The minimum absolute atomic E-state index is 0.572. The fraction of sp³-hybridized carbons (Fsp3) is 0.667. The molecule has 2 heteroatoms. The molecule has 0 bridgehead atoms. The summed E-state index contributed by atoms with van der Waals surface area (Å²) in [5.41, 5.74) is 2.85. The van der Waals surface area contributed by atoms with Gasteiger partial charge in [0.25, 0.3) is 0 Å².